The molecule has 0 saturated carbocycles. The van der Waals surface area contributed by atoms with Gasteiger partial charge in [0.05, 0.1) is 41.9 Å². The van der Waals surface area contributed by atoms with Crippen LogP contribution in [0.15, 0.2) is 18.5 Å². The monoisotopic (exact) mass is 413 g/mol. The molecule has 0 radical (unpaired) electrons. The van der Waals surface area contributed by atoms with Crippen LogP contribution in [-0.4, -0.2) is 79.4 Å². The largest absolute Gasteiger partial charge is 0.367 e. The normalized spacial score (nSPS) is 31.1. The van der Waals surface area contributed by atoms with Gasteiger partial charge in [-0.05, 0) is 20.0 Å². The van der Waals surface area contributed by atoms with Crippen molar-refractivity contribution in [2.45, 2.75) is 19.3 Å². The Morgan fingerprint density at radius 1 is 1.40 bits per heavy atom. The maximum absolute atomic E-state index is 13.2. The maximum Gasteiger partial charge on any atom is 0.233 e. The van der Waals surface area contributed by atoms with Crippen LogP contribution in [0.25, 0.3) is 0 Å². The Kier molecular flexibility index (Phi) is 6.17. The molecule has 162 valence electrons. The van der Waals surface area contributed by atoms with Crippen molar-refractivity contribution in [2.24, 2.45) is 23.5 Å². The number of hydrazine groups is 1. The molecule has 30 heavy (non-hydrogen) atoms. The van der Waals surface area contributed by atoms with Gasteiger partial charge in [-0.1, -0.05) is 0 Å². The zero-order chi connectivity index (χ0) is 21.3. The van der Waals surface area contributed by atoms with Crippen LogP contribution in [0.3, 0.4) is 0 Å². The first-order valence-corrected chi connectivity index (χ1v) is 10.6. The standard InChI is InChI=1S/C20H31N9O/c1-13(9-21)14-10-24-19-17(18(22)26-29(19)12-14)20(30)25-15-11-23-4-3-16(15)28-7-5-27(2)6-8-28/h3-4,11,13-14,17-19,24,26H,5-8,10,12,22H2,1-2H3,(H,25,30). The lowest BCUT2D eigenvalue weighted by Crippen LogP contribution is -2.58. The summed E-state index contributed by atoms with van der Waals surface area (Å²) in [6.07, 6.45) is 2.76. The van der Waals surface area contributed by atoms with Gasteiger partial charge in [0, 0.05) is 57.3 Å². The van der Waals surface area contributed by atoms with Crippen molar-refractivity contribution >= 4 is 17.3 Å². The van der Waals surface area contributed by atoms with Gasteiger partial charge in [-0.25, -0.2) is 10.4 Å². The minimum Gasteiger partial charge on any atom is -0.367 e. The van der Waals surface area contributed by atoms with Crippen LogP contribution in [-0.2, 0) is 4.79 Å². The summed E-state index contributed by atoms with van der Waals surface area (Å²) in [5, 5.41) is 17.7. The number of pyridine rings is 1. The molecule has 5 N–H and O–H groups in total. The lowest BCUT2D eigenvalue weighted by molar-refractivity contribution is -0.121. The van der Waals surface area contributed by atoms with Crippen LogP contribution in [0.1, 0.15) is 6.92 Å². The van der Waals surface area contributed by atoms with Crippen molar-refractivity contribution in [3.8, 4) is 6.07 Å². The SMILES string of the molecule is CC(C#N)C1CNC2C(C(=O)Nc3cnccc3N3CCN(C)CC3)C(N)NN2C1. The highest BCUT2D eigenvalue weighted by molar-refractivity contribution is 5.96. The van der Waals surface area contributed by atoms with E-state index in [4.69, 9.17) is 5.73 Å². The number of nitrogens with one attached hydrogen (secondary N) is 3. The van der Waals surface area contributed by atoms with E-state index in [2.05, 4.69) is 44.0 Å². The van der Waals surface area contributed by atoms with Gasteiger partial charge < -0.3 is 20.9 Å². The molecule has 3 saturated heterocycles. The number of aromatic nitrogens is 1. The van der Waals surface area contributed by atoms with Gasteiger partial charge in [0.25, 0.3) is 0 Å². The summed E-state index contributed by atoms with van der Waals surface area (Å²) in [6.45, 7) is 7.08. The molecule has 1 amide bonds. The van der Waals surface area contributed by atoms with Crippen molar-refractivity contribution in [1.82, 2.24) is 25.6 Å². The molecule has 0 bridgehead atoms. The number of nitrogens with two attached hydrogens (primary N) is 1. The Balaban J connectivity index is 1.45. The summed E-state index contributed by atoms with van der Waals surface area (Å²) >= 11 is 0. The summed E-state index contributed by atoms with van der Waals surface area (Å²) in [7, 11) is 2.12. The number of piperazine rings is 1. The minimum atomic E-state index is -0.498. The van der Waals surface area contributed by atoms with Crippen molar-refractivity contribution in [3.63, 3.8) is 0 Å². The fraction of sp³-hybridized carbons (Fsp3) is 0.650. The molecule has 0 spiro atoms. The Bertz CT molecular complexity index is 804. The number of amides is 1. The predicted molar refractivity (Wildman–Crippen MR) is 114 cm³/mol. The van der Waals surface area contributed by atoms with E-state index in [1.807, 2.05) is 18.0 Å². The molecule has 3 fully saturated rings. The minimum absolute atomic E-state index is 0.0640. The van der Waals surface area contributed by atoms with Gasteiger partial charge >= 0.3 is 0 Å². The van der Waals surface area contributed by atoms with Gasteiger partial charge in [-0.3, -0.25) is 15.1 Å². The summed E-state index contributed by atoms with van der Waals surface area (Å²) in [6, 6.07) is 4.26. The number of nitriles is 1. The van der Waals surface area contributed by atoms with Crippen LogP contribution in [0.2, 0.25) is 0 Å². The lowest BCUT2D eigenvalue weighted by Gasteiger charge is -2.37. The van der Waals surface area contributed by atoms with Crippen molar-refractivity contribution in [2.75, 3.05) is 56.5 Å². The summed E-state index contributed by atoms with van der Waals surface area (Å²) in [4.78, 5) is 22.0. The molecule has 5 atom stereocenters. The van der Waals surface area contributed by atoms with E-state index in [1.165, 1.54) is 0 Å². The highest BCUT2D eigenvalue weighted by Gasteiger charge is 2.47. The summed E-state index contributed by atoms with van der Waals surface area (Å²) in [5.74, 6) is -0.463. The second kappa shape index (κ2) is 8.83. The Labute approximate surface area is 177 Å². The van der Waals surface area contributed by atoms with E-state index in [1.54, 1.807) is 12.4 Å². The van der Waals surface area contributed by atoms with Gasteiger partial charge in [-0.15, -0.1) is 0 Å². The molecule has 1 aromatic rings. The third kappa shape index (κ3) is 4.12. The third-order valence-electron chi connectivity index (χ3n) is 6.51. The van der Waals surface area contributed by atoms with Crippen molar-refractivity contribution < 1.29 is 4.79 Å². The number of hydrogen-bond donors (Lipinski definition) is 4. The predicted octanol–water partition coefficient (Wildman–Crippen LogP) is -0.802. The topological polar surface area (TPSA) is 126 Å². The Morgan fingerprint density at radius 2 is 2.17 bits per heavy atom. The molecule has 4 rings (SSSR count). The molecule has 0 aliphatic carbocycles. The molecule has 0 aromatic carbocycles. The average molecular weight is 414 g/mol. The van der Waals surface area contributed by atoms with Gasteiger partial charge in [0.1, 0.15) is 0 Å². The van der Waals surface area contributed by atoms with E-state index in [0.717, 1.165) is 31.9 Å². The molecule has 10 nitrogen and oxygen atoms in total. The van der Waals surface area contributed by atoms with Crippen LogP contribution in [0.4, 0.5) is 11.4 Å². The van der Waals surface area contributed by atoms with Crippen LogP contribution < -0.4 is 26.7 Å². The number of nitrogens with zero attached hydrogens (tertiary/aromatic N) is 5. The number of fused-ring (bicyclic) bond motifs is 1. The van der Waals surface area contributed by atoms with Gasteiger partial charge in [0.2, 0.25) is 5.91 Å². The molecule has 4 heterocycles. The van der Waals surface area contributed by atoms with Crippen LogP contribution in [0.5, 0.6) is 0 Å². The molecular formula is C20H31N9O. The highest BCUT2D eigenvalue weighted by Crippen LogP contribution is 2.29. The molecule has 3 aliphatic heterocycles. The zero-order valence-electron chi connectivity index (χ0n) is 17.6. The van der Waals surface area contributed by atoms with Crippen LogP contribution in [0, 0.1) is 29.1 Å². The third-order valence-corrected chi connectivity index (χ3v) is 6.51. The first kappa shape index (κ1) is 21.0. The highest BCUT2D eigenvalue weighted by atomic mass is 16.2. The number of anilines is 2. The van der Waals surface area contributed by atoms with E-state index < -0.39 is 12.1 Å². The fourth-order valence-corrected chi connectivity index (χ4v) is 4.50. The quantitative estimate of drug-likeness (QED) is 0.502. The number of likely N-dealkylation sites (N-methyl/N-ethyl adjacent to an activating group) is 1. The van der Waals surface area contributed by atoms with E-state index >= 15 is 0 Å². The van der Waals surface area contributed by atoms with E-state index in [-0.39, 0.29) is 23.9 Å². The van der Waals surface area contributed by atoms with Crippen LogP contribution >= 0.6 is 0 Å². The number of rotatable bonds is 4. The molecule has 1 aromatic heterocycles. The number of hydrogen-bond acceptors (Lipinski definition) is 9. The smallest absolute Gasteiger partial charge is 0.233 e. The maximum atomic E-state index is 13.2. The number of carbonyl (C=O) groups excluding carboxylic acids is 1. The molecule has 10 heteroatoms. The second-order valence-corrected chi connectivity index (χ2v) is 8.54. The van der Waals surface area contributed by atoms with E-state index in [0.29, 0.717) is 18.8 Å². The molecule has 3 aliphatic rings. The van der Waals surface area contributed by atoms with Crippen molar-refractivity contribution in [3.05, 3.63) is 18.5 Å². The molecule has 5 unspecified atom stereocenters. The van der Waals surface area contributed by atoms with Gasteiger partial charge in [0.15, 0.2) is 0 Å². The first-order chi connectivity index (χ1) is 14.5. The Hall–Kier alpha value is -2.29. The zero-order valence-corrected chi connectivity index (χ0v) is 17.6. The first-order valence-electron chi connectivity index (χ1n) is 10.6. The summed E-state index contributed by atoms with van der Waals surface area (Å²) < 4.78 is 0. The molecular weight excluding hydrogens is 382 g/mol. The average Bonchev–Trinajstić information content (AvgIpc) is 3.09. The summed E-state index contributed by atoms with van der Waals surface area (Å²) in [5.41, 5.74) is 11.2. The Morgan fingerprint density at radius 3 is 2.90 bits per heavy atom. The van der Waals surface area contributed by atoms with Crippen molar-refractivity contribution in [1.29, 1.82) is 5.26 Å². The lowest BCUT2D eigenvalue weighted by atomic mass is 9.91. The fourth-order valence-electron chi connectivity index (χ4n) is 4.50. The number of carbonyl (C=O) groups is 1. The van der Waals surface area contributed by atoms with E-state index in [9.17, 15) is 10.1 Å². The van der Waals surface area contributed by atoms with Gasteiger partial charge in [-0.2, -0.15) is 5.26 Å². The second-order valence-electron chi connectivity index (χ2n) is 8.54.